The fourth-order valence-corrected chi connectivity index (χ4v) is 2.28. The largest absolute Gasteiger partial charge is 0.493 e. The Bertz CT molecular complexity index is 598. The quantitative estimate of drug-likeness (QED) is 0.818. The van der Waals surface area contributed by atoms with Crippen LogP contribution in [0.5, 0.6) is 5.75 Å². The van der Waals surface area contributed by atoms with Crippen LogP contribution in [-0.2, 0) is 11.3 Å². The van der Waals surface area contributed by atoms with Crippen LogP contribution in [0.15, 0.2) is 36.4 Å². The van der Waals surface area contributed by atoms with Gasteiger partial charge in [0, 0.05) is 12.1 Å². The summed E-state index contributed by atoms with van der Waals surface area (Å²) in [6.07, 6.45) is 0.958. The van der Waals surface area contributed by atoms with Crippen molar-refractivity contribution in [3.8, 4) is 5.75 Å². The minimum absolute atomic E-state index is 0.0284. The molecule has 0 heterocycles. The van der Waals surface area contributed by atoms with Gasteiger partial charge in [-0.05, 0) is 23.3 Å². The molecule has 0 aliphatic carbocycles. The van der Waals surface area contributed by atoms with Gasteiger partial charge in [-0.3, -0.25) is 4.79 Å². The molecule has 0 aromatic heterocycles. The molecule has 4 heteroatoms. The number of halogens is 1. The summed E-state index contributed by atoms with van der Waals surface area (Å²) >= 11 is 3.16. The summed E-state index contributed by atoms with van der Waals surface area (Å²) in [6, 6.07) is 12.2. The highest BCUT2D eigenvalue weighted by atomic mass is 79.9. The zero-order valence-electron chi connectivity index (χ0n) is 11.5. The van der Waals surface area contributed by atoms with Crippen LogP contribution in [0.1, 0.15) is 18.9 Å². The van der Waals surface area contributed by atoms with Crippen molar-refractivity contribution in [1.29, 1.82) is 0 Å². The molecule has 0 saturated carbocycles. The second kappa shape index (κ2) is 7.29. The number of rotatable bonds is 6. The number of benzene rings is 2. The predicted octanol–water partition coefficient (Wildman–Crippen LogP) is 3.64. The number of hydrogen-bond donors (Lipinski definition) is 1. The summed E-state index contributed by atoms with van der Waals surface area (Å²) in [5, 5.41) is 5.47. The van der Waals surface area contributed by atoms with E-state index in [0.29, 0.717) is 18.5 Å². The molecule has 0 atom stereocenters. The topological polar surface area (TPSA) is 38.3 Å². The number of carbonyl (C=O) groups is 1. The third-order valence-electron chi connectivity index (χ3n) is 3.04. The molecule has 3 nitrogen and oxygen atoms in total. The van der Waals surface area contributed by atoms with E-state index in [9.17, 15) is 4.79 Å². The number of fused-ring (bicyclic) bond motifs is 1. The van der Waals surface area contributed by atoms with Gasteiger partial charge in [-0.15, -0.1) is 0 Å². The number of carbonyl (C=O) groups excluding carboxylic acids is 1. The summed E-state index contributed by atoms with van der Waals surface area (Å²) < 4.78 is 5.80. The van der Waals surface area contributed by atoms with Gasteiger partial charge in [0.05, 0.1) is 11.9 Å². The van der Waals surface area contributed by atoms with Crippen molar-refractivity contribution >= 4 is 32.6 Å². The van der Waals surface area contributed by atoms with Gasteiger partial charge in [0.2, 0.25) is 5.91 Å². The van der Waals surface area contributed by atoms with Gasteiger partial charge in [-0.1, -0.05) is 53.2 Å². The first-order valence-corrected chi connectivity index (χ1v) is 7.84. The summed E-state index contributed by atoms with van der Waals surface area (Å²) in [4.78, 5) is 11.4. The molecule has 0 fully saturated rings. The van der Waals surface area contributed by atoms with Crippen molar-refractivity contribution in [3.05, 3.63) is 42.0 Å². The lowest BCUT2D eigenvalue weighted by Crippen LogP contribution is -2.24. The first kappa shape index (κ1) is 14.9. The van der Waals surface area contributed by atoms with E-state index in [2.05, 4.69) is 46.4 Å². The number of nitrogens with one attached hydrogen (secondary N) is 1. The second-order valence-corrected chi connectivity index (χ2v) is 5.08. The Morgan fingerprint density at radius 1 is 1.25 bits per heavy atom. The van der Waals surface area contributed by atoms with Gasteiger partial charge < -0.3 is 10.1 Å². The van der Waals surface area contributed by atoms with Crippen molar-refractivity contribution in [1.82, 2.24) is 5.32 Å². The Morgan fingerprint density at radius 2 is 2.05 bits per heavy atom. The van der Waals surface area contributed by atoms with Gasteiger partial charge in [0.25, 0.3) is 0 Å². The lowest BCUT2D eigenvalue weighted by atomic mass is 10.0. The van der Waals surface area contributed by atoms with Crippen molar-refractivity contribution in [2.24, 2.45) is 0 Å². The van der Waals surface area contributed by atoms with E-state index in [1.54, 1.807) is 0 Å². The van der Waals surface area contributed by atoms with E-state index in [0.717, 1.165) is 28.5 Å². The normalized spacial score (nSPS) is 10.5. The average molecular weight is 336 g/mol. The molecule has 0 aliphatic rings. The molecule has 0 bridgehead atoms. The predicted molar refractivity (Wildman–Crippen MR) is 85.4 cm³/mol. The molecule has 0 radical (unpaired) electrons. The molecule has 0 unspecified atom stereocenters. The summed E-state index contributed by atoms with van der Waals surface area (Å²) in [6.45, 7) is 3.23. The molecule has 0 spiro atoms. The number of hydrogen-bond acceptors (Lipinski definition) is 2. The summed E-state index contributed by atoms with van der Waals surface area (Å²) in [5.74, 6) is 0.819. The Kier molecular flexibility index (Phi) is 5.41. The van der Waals surface area contributed by atoms with E-state index in [1.807, 2.05) is 18.2 Å². The maximum atomic E-state index is 11.4. The van der Waals surface area contributed by atoms with E-state index in [1.165, 1.54) is 0 Å². The summed E-state index contributed by atoms with van der Waals surface area (Å²) in [7, 11) is 0. The van der Waals surface area contributed by atoms with Crippen molar-refractivity contribution in [2.75, 3.05) is 11.9 Å². The maximum absolute atomic E-state index is 11.4. The maximum Gasteiger partial charge on any atom is 0.230 e. The SMILES string of the molecule is CCCOc1ccc2ccccc2c1CNC(=O)CBr. The van der Waals surface area contributed by atoms with Crippen molar-refractivity contribution in [3.63, 3.8) is 0 Å². The third kappa shape index (κ3) is 3.51. The van der Waals surface area contributed by atoms with Gasteiger partial charge in [-0.2, -0.15) is 0 Å². The van der Waals surface area contributed by atoms with E-state index in [-0.39, 0.29) is 5.91 Å². The first-order valence-electron chi connectivity index (χ1n) is 6.72. The molecule has 1 amide bonds. The fourth-order valence-electron chi connectivity index (χ4n) is 2.08. The minimum Gasteiger partial charge on any atom is -0.493 e. The Balaban J connectivity index is 2.36. The highest BCUT2D eigenvalue weighted by Crippen LogP contribution is 2.28. The van der Waals surface area contributed by atoms with Crippen LogP contribution in [-0.4, -0.2) is 17.8 Å². The lowest BCUT2D eigenvalue weighted by molar-refractivity contribution is -0.118. The number of alkyl halides is 1. The zero-order chi connectivity index (χ0) is 14.4. The van der Waals surface area contributed by atoms with E-state index < -0.39 is 0 Å². The average Bonchev–Trinajstić information content (AvgIpc) is 2.50. The molecular formula is C16H18BrNO2. The standard InChI is InChI=1S/C16H18BrNO2/c1-2-9-20-15-8-7-12-5-3-4-6-13(12)14(15)11-18-16(19)10-17/h3-8H,2,9-11H2,1H3,(H,18,19). The molecule has 0 saturated heterocycles. The van der Waals surface area contributed by atoms with Gasteiger partial charge >= 0.3 is 0 Å². The van der Waals surface area contributed by atoms with Crippen LogP contribution < -0.4 is 10.1 Å². The Morgan fingerprint density at radius 3 is 2.80 bits per heavy atom. The molecule has 106 valence electrons. The molecule has 2 rings (SSSR count). The van der Waals surface area contributed by atoms with Crippen LogP contribution in [0.3, 0.4) is 0 Å². The Labute approximate surface area is 127 Å². The molecule has 0 aliphatic heterocycles. The van der Waals surface area contributed by atoms with Crippen LogP contribution in [0.2, 0.25) is 0 Å². The van der Waals surface area contributed by atoms with Crippen molar-refractivity contribution < 1.29 is 9.53 Å². The van der Waals surface area contributed by atoms with Crippen LogP contribution in [0.25, 0.3) is 10.8 Å². The number of amides is 1. The monoisotopic (exact) mass is 335 g/mol. The molecular weight excluding hydrogens is 318 g/mol. The first-order chi connectivity index (χ1) is 9.76. The van der Waals surface area contributed by atoms with E-state index >= 15 is 0 Å². The van der Waals surface area contributed by atoms with Gasteiger partial charge in [0.15, 0.2) is 0 Å². The lowest BCUT2D eigenvalue weighted by Gasteiger charge is -2.14. The highest BCUT2D eigenvalue weighted by molar-refractivity contribution is 9.09. The molecule has 20 heavy (non-hydrogen) atoms. The molecule has 2 aromatic carbocycles. The molecule has 1 N–H and O–H groups in total. The zero-order valence-corrected chi connectivity index (χ0v) is 13.1. The minimum atomic E-state index is -0.0284. The van der Waals surface area contributed by atoms with Gasteiger partial charge in [-0.25, -0.2) is 0 Å². The number of ether oxygens (including phenoxy) is 1. The van der Waals surface area contributed by atoms with E-state index in [4.69, 9.17) is 4.74 Å². The van der Waals surface area contributed by atoms with Crippen LogP contribution in [0, 0.1) is 0 Å². The molecule has 2 aromatic rings. The van der Waals surface area contributed by atoms with Crippen LogP contribution >= 0.6 is 15.9 Å². The Hall–Kier alpha value is -1.55. The summed E-state index contributed by atoms with van der Waals surface area (Å²) in [5.41, 5.74) is 1.03. The van der Waals surface area contributed by atoms with Crippen LogP contribution in [0.4, 0.5) is 0 Å². The fraction of sp³-hybridized carbons (Fsp3) is 0.312. The smallest absolute Gasteiger partial charge is 0.230 e. The van der Waals surface area contributed by atoms with Gasteiger partial charge in [0.1, 0.15) is 5.75 Å². The third-order valence-corrected chi connectivity index (χ3v) is 3.55. The van der Waals surface area contributed by atoms with Crippen molar-refractivity contribution in [2.45, 2.75) is 19.9 Å². The second-order valence-electron chi connectivity index (χ2n) is 4.52. The highest BCUT2D eigenvalue weighted by Gasteiger charge is 2.10.